The Morgan fingerprint density at radius 2 is 1.67 bits per heavy atom. The number of Topliss-reactive ketones (excluding diaryl/α,β-unsaturated/α-hetero) is 1. The molecule has 0 radical (unpaired) electrons. The lowest BCUT2D eigenvalue weighted by Gasteiger charge is -2.30. The van der Waals surface area contributed by atoms with Crippen LogP contribution in [-0.4, -0.2) is 22.9 Å². The van der Waals surface area contributed by atoms with Gasteiger partial charge >= 0.3 is 5.97 Å². The highest BCUT2D eigenvalue weighted by Crippen LogP contribution is 2.35. The van der Waals surface area contributed by atoms with Crippen LogP contribution in [0.4, 0.5) is 0 Å². The first-order chi connectivity index (χ1) is 16.9. The van der Waals surface area contributed by atoms with E-state index in [2.05, 4.69) is 6.92 Å². The first kappa shape index (κ1) is 27.9. The van der Waals surface area contributed by atoms with Crippen molar-refractivity contribution in [1.29, 1.82) is 0 Å². The van der Waals surface area contributed by atoms with Crippen molar-refractivity contribution in [3.8, 4) is 11.3 Å². The second-order valence-corrected chi connectivity index (χ2v) is 11.9. The van der Waals surface area contributed by atoms with Gasteiger partial charge in [0.1, 0.15) is 6.04 Å². The molecule has 5 nitrogen and oxygen atoms in total. The Morgan fingerprint density at radius 3 is 2.22 bits per heavy atom. The largest absolute Gasteiger partial charge is 0.464 e. The van der Waals surface area contributed by atoms with Crippen LogP contribution in [0, 0.1) is 31.1 Å². The van der Waals surface area contributed by atoms with E-state index in [1.807, 2.05) is 58.9 Å². The van der Waals surface area contributed by atoms with E-state index >= 15 is 0 Å². The maximum absolute atomic E-state index is 13.7. The van der Waals surface area contributed by atoms with Crippen LogP contribution < -0.4 is 5.56 Å². The van der Waals surface area contributed by atoms with Crippen LogP contribution in [0.15, 0.2) is 35.1 Å². The number of ether oxygens (including phenoxy) is 1. The molecule has 1 atom stereocenters. The first-order valence-electron chi connectivity index (χ1n) is 13.4. The molecular weight excluding hydrogens is 450 g/mol. The average Bonchev–Trinajstić information content (AvgIpc) is 2.80. The molecule has 1 aromatic carbocycles. The van der Waals surface area contributed by atoms with Gasteiger partial charge in [-0.05, 0) is 68.4 Å². The van der Waals surface area contributed by atoms with Gasteiger partial charge in [-0.25, -0.2) is 4.79 Å². The van der Waals surface area contributed by atoms with Crippen molar-refractivity contribution in [1.82, 2.24) is 4.57 Å². The molecule has 0 saturated heterocycles. The van der Waals surface area contributed by atoms with E-state index in [0.717, 1.165) is 48.3 Å². The second kappa shape index (κ2) is 11.6. The van der Waals surface area contributed by atoms with Crippen molar-refractivity contribution in [2.24, 2.45) is 17.3 Å². The van der Waals surface area contributed by atoms with E-state index in [1.165, 1.54) is 6.07 Å². The molecule has 0 aliphatic heterocycles. The summed E-state index contributed by atoms with van der Waals surface area (Å²) in [6.45, 7) is 14.3. The Morgan fingerprint density at radius 1 is 1.06 bits per heavy atom. The van der Waals surface area contributed by atoms with Crippen molar-refractivity contribution in [2.45, 2.75) is 93.0 Å². The molecule has 5 heteroatoms. The number of esters is 1. The predicted molar refractivity (Wildman–Crippen MR) is 145 cm³/mol. The Bertz CT molecular complexity index is 1130. The number of carbonyl (C=O) groups excluding carboxylic acids is 2. The predicted octanol–water partition coefficient (Wildman–Crippen LogP) is 7.07. The number of nitrogens with zero attached hydrogens (tertiary/aromatic N) is 1. The van der Waals surface area contributed by atoms with E-state index in [4.69, 9.17) is 4.74 Å². The number of aryl methyl sites for hydroxylation is 1. The molecule has 0 spiro atoms. The molecule has 0 N–H and O–H groups in total. The van der Waals surface area contributed by atoms with E-state index < -0.39 is 12.0 Å². The highest BCUT2D eigenvalue weighted by atomic mass is 16.5. The second-order valence-electron chi connectivity index (χ2n) is 11.9. The Kier molecular flexibility index (Phi) is 8.97. The minimum Gasteiger partial charge on any atom is -0.464 e. The highest BCUT2D eigenvalue weighted by molar-refractivity contribution is 5.99. The summed E-state index contributed by atoms with van der Waals surface area (Å²) in [7, 11) is 0. The number of pyridine rings is 1. The van der Waals surface area contributed by atoms with Gasteiger partial charge in [0, 0.05) is 18.1 Å². The number of hydrogen-bond donors (Lipinski definition) is 0. The minimum absolute atomic E-state index is 0.0215. The maximum Gasteiger partial charge on any atom is 0.329 e. The van der Waals surface area contributed by atoms with Crippen LogP contribution in [0.3, 0.4) is 0 Å². The standard InChI is InChI=1S/C31H43NO4/c1-8-36-30(35)26(19-31(5,6)7)32-28(34)18-25(27(33)17-23-13-9-20(2)10-14-23)22(4)29(32)24-15-11-21(3)12-16-24/h11-12,15-16,18,20,23,26H,8-10,13-14,17,19H2,1-7H3. The van der Waals surface area contributed by atoms with Gasteiger partial charge in [-0.3, -0.25) is 14.2 Å². The van der Waals surface area contributed by atoms with Crippen molar-refractivity contribution >= 4 is 11.8 Å². The minimum atomic E-state index is -0.781. The summed E-state index contributed by atoms with van der Waals surface area (Å²) in [5.74, 6) is 0.690. The van der Waals surface area contributed by atoms with E-state index in [1.54, 1.807) is 11.5 Å². The smallest absolute Gasteiger partial charge is 0.329 e. The summed E-state index contributed by atoms with van der Waals surface area (Å²) in [5.41, 5.74) is 3.21. The molecule has 36 heavy (non-hydrogen) atoms. The normalized spacial score (nSPS) is 19.1. The molecule has 1 aliphatic rings. The zero-order valence-electron chi connectivity index (χ0n) is 23.1. The lowest BCUT2D eigenvalue weighted by atomic mass is 9.79. The maximum atomic E-state index is 13.7. The molecule has 3 rings (SSSR count). The summed E-state index contributed by atoms with van der Waals surface area (Å²) < 4.78 is 7.00. The van der Waals surface area contributed by atoms with Gasteiger partial charge in [-0.15, -0.1) is 0 Å². The lowest BCUT2D eigenvalue weighted by molar-refractivity contribution is -0.148. The molecule has 0 bridgehead atoms. The third-order valence-electron chi connectivity index (χ3n) is 7.42. The molecule has 1 aromatic heterocycles. The highest BCUT2D eigenvalue weighted by Gasteiger charge is 2.32. The number of hydrogen-bond acceptors (Lipinski definition) is 4. The summed E-state index contributed by atoms with van der Waals surface area (Å²) in [4.78, 5) is 40.4. The van der Waals surface area contributed by atoms with Crippen LogP contribution in [-0.2, 0) is 9.53 Å². The average molecular weight is 494 g/mol. The molecule has 196 valence electrons. The zero-order valence-corrected chi connectivity index (χ0v) is 23.1. The van der Waals surface area contributed by atoms with E-state index in [9.17, 15) is 14.4 Å². The van der Waals surface area contributed by atoms with Gasteiger partial charge in [-0.2, -0.15) is 0 Å². The summed E-state index contributed by atoms with van der Waals surface area (Å²) in [6.07, 6.45) is 5.34. The molecule has 2 aromatic rings. The van der Waals surface area contributed by atoms with Crippen molar-refractivity contribution < 1.29 is 14.3 Å². The molecule has 1 heterocycles. The fourth-order valence-corrected chi connectivity index (χ4v) is 5.39. The van der Waals surface area contributed by atoms with Crippen LogP contribution in [0.1, 0.15) is 101 Å². The fourth-order valence-electron chi connectivity index (χ4n) is 5.39. The summed E-state index contributed by atoms with van der Waals surface area (Å²) in [6, 6.07) is 8.58. The molecule has 1 aliphatic carbocycles. The van der Waals surface area contributed by atoms with Crippen LogP contribution in [0.25, 0.3) is 11.3 Å². The van der Waals surface area contributed by atoms with Crippen LogP contribution >= 0.6 is 0 Å². The Labute approximate surface area is 216 Å². The van der Waals surface area contributed by atoms with Crippen LogP contribution in [0.5, 0.6) is 0 Å². The SMILES string of the molecule is CCOC(=O)C(CC(C)(C)C)n1c(-c2ccc(C)cc2)c(C)c(C(=O)CC2CCC(C)CC2)cc1=O. The first-order valence-corrected chi connectivity index (χ1v) is 13.4. The van der Waals surface area contributed by atoms with Gasteiger partial charge in [0.25, 0.3) is 5.56 Å². The van der Waals surface area contributed by atoms with Gasteiger partial charge in [0.15, 0.2) is 5.78 Å². The van der Waals surface area contributed by atoms with E-state index in [0.29, 0.717) is 30.0 Å². The molecule has 1 unspecified atom stereocenters. The molecular formula is C31H43NO4. The molecule has 0 amide bonds. The fraction of sp³-hybridized carbons (Fsp3) is 0.581. The molecule has 1 fully saturated rings. The number of carbonyl (C=O) groups is 2. The number of aromatic nitrogens is 1. The van der Waals surface area contributed by atoms with Crippen LogP contribution in [0.2, 0.25) is 0 Å². The number of rotatable bonds is 8. The van der Waals surface area contributed by atoms with Gasteiger partial charge in [0.05, 0.1) is 12.3 Å². The number of benzene rings is 1. The topological polar surface area (TPSA) is 65.4 Å². The third kappa shape index (κ3) is 6.74. The monoisotopic (exact) mass is 493 g/mol. The third-order valence-corrected chi connectivity index (χ3v) is 7.42. The quantitative estimate of drug-likeness (QED) is 0.291. The van der Waals surface area contributed by atoms with Gasteiger partial charge in [0.2, 0.25) is 0 Å². The van der Waals surface area contributed by atoms with Gasteiger partial charge < -0.3 is 4.74 Å². The summed E-state index contributed by atoms with van der Waals surface area (Å²) >= 11 is 0. The van der Waals surface area contributed by atoms with Crippen molar-refractivity contribution in [3.63, 3.8) is 0 Å². The van der Waals surface area contributed by atoms with Crippen molar-refractivity contribution in [3.05, 3.63) is 57.4 Å². The summed E-state index contributed by atoms with van der Waals surface area (Å²) in [5, 5.41) is 0. The lowest BCUT2D eigenvalue weighted by Crippen LogP contribution is -2.36. The van der Waals surface area contributed by atoms with E-state index in [-0.39, 0.29) is 23.4 Å². The number of ketones is 1. The Balaban J connectivity index is 2.16. The molecule has 1 saturated carbocycles. The Hall–Kier alpha value is -2.69. The van der Waals surface area contributed by atoms with Crippen molar-refractivity contribution in [2.75, 3.05) is 6.61 Å². The zero-order chi connectivity index (χ0) is 26.6. The van der Waals surface area contributed by atoms with Gasteiger partial charge in [-0.1, -0.05) is 70.4 Å².